The number of carbonyl (C=O) groups excluding carboxylic acids is 1. The van der Waals surface area contributed by atoms with Crippen LogP contribution in [0, 0.1) is 3.57 Å². The van der Waals surface area contributed by atoms with Gasteiger partial charge < -0.3 is 29.8 Å². The van der Waals surface area contributed by atoms with Crippen molar-refractivity contribution in [2.24, 2.45) is 5.73 Å². The molecule has 1 amide bonds. The number of hydrogen-bond donors (Lipinski definition) is 3. The number of halogens is 1. The Morgan fingerprint density at radius 1 is 0.836 bits per heavy atom. The van der Waals surface area contributed by atoms with Gasteiger partial charge in [-0.25, -0.2) is 26.4 Å². The van der Waals surface area contributed by atoms with E-state index in [0.717, 1.165) is 15.9 Å². The first-order valence-electron chi connectivity index (χ1n) is 16.3. The fraction of sp³-hybridized carbons (Fsp3) is 0.257. The lowest BCUT2D eigenvalue weighted by Crippen LogP contribution is -2.42. The lowest BCUT2D eigenvalue weighted by atomic mass is 10.2. The zero-order valence-corrected chi connectivity index (χ0v) is 33.6. The molecule has 0 saturated heterocycles. The molecule has 0 aliphatic heterocycles. The second-order valence-electron chi connectivity index (χ2n) is 11.8. The van der Waals surface area contributed by atoms with Gasteiger partial charge in [-0.2, -0.15) is 9.10 Å². The number of rotatable bonds is 18. The third kappa shape index (κ3) is 10.3. The number of methoxy groups -OCH3 is 3. The number of aliphatic hydroxyl groups is 1. The highest BCUT2D eigenvalue weighted by atomic mass is 127. The molecule has 5 rings (SSSR count). The van der Waals surface area contributed by atoms with Crippen molar-refractivity contribution < 1.29 is 45.7 Å². The van der Waals surface area contributed by atoms with E-state index >= 15 is 8.42 Å². The molecule has 0 aliphatic carbocycles. The average molecular weight is 908 g/mol. The second kappa shape index (κ2) is 18.2. The molecule has 4 N–H and O–H groups in total. The number of hydrogen-bond acceptors (Lipinski definition) is 13. The van der Waals surface area contributed by atoms with Crippen molar-refractivity contribution in [3.05, 3.63) is 105 Å². The van der Waals surface area contributed by atoms with E-state index in [1.165, 1.54) is 25.1 Å². The van der Waals surface area contributed by atoms with Gasteiger partial charge in [0.15, 0.2) is 0 Å². The molecule has 5 aromatic rings. The molecule has 292 valence electrons. The molecular formula is C35H38IN7O10S2. The van der Waals surface area contributed by atoms with E-state index in [-0.39, 0.29) is 31.0 Å². The molecule has 1 aromatic heterocycles. The Morgan fingerprint density at radius 2 is 1.35 bits per heavy atom. The summed E-state index contributed by atoms with van der Waals surface area (Å²) in [5.74, 6) is 1.58. The van der Waals surface area contributed by atoms with Crippen LogP contribution in [0.25, 0.3) is 11.4 Å². The molecule has 0 saturated carbocycles. The third-order valence-electron chi connectivity index (χ3n) is 8.12. The maximum Gasteiger partial charge on any atom is 0.404 e. The smallest absolute Gasteiger partial charge is 0.404 e. The van der Waals surface area contributed by atoms with Gasteiger partial charge in [0.25, 0.3) is 0 Å². The number of carbonyl (C=O) groups is 1. The van der Waals surface area contributed by atoms with Gasteiger partial charge in [0.2, 0.25) is 25.9 Å². The number of ether oxygens (including phenoxy) is 4. The van der Waals surface area contributed by atoms with Gasteiger partial charge in [0, 0.05) is 16.7 Å². The van der Waals surface area contributed by atoms with Crippen LogP contribution >= 0.6 is 22.6 Å². The minimum atomic E-state index is -4.82. The molecule has 17 nitrogen and oxygen atoms in total. The molecule has 0 spiro atoms. The van der Waals surface area contributed by atoms with Crippen LogP contribution in [0.3, 0.4) is 0 Å². The summed E-state index contributed by atoms with van der Waals surface area (Å²) in [4.78, 5) is 11.2. The van der Waals surface area contributed by atoms with E-state index in [9.17, 15) is 18.3 Å². The first kappa shape index (κ1) is 41.3. The molecule has 55 heavy (non-hydrogen) atoms. The van der Waals surface area contributed by atoms with Crippen LogP contribution in [0.15, 0.2) is 94.7 Å². The number of aromatic nitrogens is 4. The molecule has 0 bridgehead atoms. The maximum absolute atomic E-state index is 15.3. The van der Waals surface area contributed by atoms with Gasteiger partial charge in [0.05, 0.1) is 46.1 Å². The van der Waals surface area contributed by atoms with Crippen molar-refractivity contribution in [1.82, 2.24) is 29.2 Å². The van der Waals surface area contributed by atoms with E-state index in [2.05, 4.69) is 20.1 Å². The molecule has 0 aliphatic rings. The number of amides is 1. The maximum atomic E-state index is 15.3. The second-order valence-corrected chi connectivity index (χ2v) is 16.6. The summed E-state index contributed by atoms with van der Waals surface area (Å²) in [5.41, 5.74) is 6.85. The SMILES string of the molecule is COc1ccc(CN(Cc2ccc(OC)cc2)S(=O)(=O)c2c(S(=O)(=O)NC(CO)COC(N)=O)ccc(I)c2-c2nnn(Cc3ccc(OC)cc3)n2)cc1. The zero-order valence-electron chi connectivity index (χ0n) is 29.8. The number of sulfonamides is 2. The van der Waals surface area contributed by atoms with E-state index in [1.54, 1.807) is 79.9 Å². The van der Waals surface area contributed by atoms with E-state index in [4.69, 9.17) is 24.7 Å². The molecule has 1 atom stereocenters. The average Bonchev–Trinajstić information content (AvgIpc) is 3.64. The van der Waals surface area contributed by atoms with Crippen LogP contribution in [-0.2, 0) is 44.4 Å². The molecule has 0 radical (unpaired) electrons. The molecule has 1 unspecified atom stereocenters. The summed E-state index contributed by atoms with van der Waals surface area (Å²) >= 11 is 1.89. The van der Waals surface area contributed by atoms with Crippen molar-refractivity contribution in [3.63, 3.8) is 0 Å². The highest BCUT2D eigenvalue weighted by molar-refractivity contribution is 14.1. The van der Waals surface area contributed by atoms with Crippen LogP contribution in [-0.4, -0.2) is 93.1 Å². The largest absolute Gasteiger partial charge is 0.497 e. The summed E-state index contributed by atoms with van der Waals surface area (Å²) in [6.45, 7) is -1.69. The lowest BCUT2D eigenvalue weighted by Gasteiger charge is -2.26. The lowest BCUT2D eigenvalue weighted by molar-refractivity contribution is 0.130. The number of aliphatic hydroxyl groups excluding tert-OH is 1. The van der Waals surface area contributed by atoms with E-state index < -0.39 is 55.2 Å². The standard InChI is InChI=1S/C35H38IN7O10S2/c1-50-27-10-4-23(5-11-27)18-42(19-24-6-12-28(51-2)13-7-24)55(48,49)33-31(54(46,47)40-26(21-44)22-53-35(37)45)17-16-30(36)32(33)34-38-41-43(39-34)20-25-8-14-29(52-3)15-9-25/h4-17,26,40,44H,18-22H2,1-3H3,(H2,37,45). The Kier molecular flexibility index (Phi) is 13.6. The van der Waals surface area contributed by atoms with Crippen LogP contribution in [0.4, 0.5) is 4.79 Å². The molecule has 4 aromatic carbocycles. The van der Waals surface area contributed by atoms with Gasteiger partial charge in [-0.1, -0.05) is 36.4 Å². The number of tetrazole rings is 1. The van der Waals surface area contributed by atoms with Crippen LogP contribution in [0.5, 0.6) is 17.2 Å². The highest BCUT2D eigenvalue weighted by Gasteiger charge is 2.38. The number of benzene rings is 4. The third-order valence-corrected chi connectivity index (χ3v) is 12.6. The summed E-state index contributed by atoms with van der Waals surface area (Å²) in [5, 5.41) is 22.8. The van der Waals surface area contributed by atoms with Crippen molar-refractivity contribution in [2.75, 3.05) is 34.5 Å². The van der Waals surface area contributed by atoms with Crippen LogP contribution in [0.1, 0.15) is 16.7 Å². The first-order chi connectivity index (χ1) is 26.3. The Labute approximate surface area is 331 Å². The Hall–Kier alpha value is -4.87. The number of nitrogens with zero attached hydrogens (tertiary/aromatic N) is 5. The minimum absolute atomic E-state index is 0.132. The van der Waals surface area contributed by atoms with Crippen molar-refractivity contribution in [1.29, 1.82) is 0 Å². The predicted molar refractivity (Wildman–Crippen MR) is 207 cm³/mol. The summed E-state index contributed by atoms with van der Waals surface area (Å²) in [7, 11) is -5.07. The van der Waals surface area contributed by atoms with E-state index in [0.29, 0.717) is 31.9 Å². The first-order valence-corrected chi connectivity index (χ1v) is 20.3. The van der Waals surface area contributed by atoms with Gasteiger partial charge in [0.1, 0.15) is 33.6 Å². The fourth-order valence-electron chi connectivity index (χ4n) is 5.33. The molecular weight excluding hydrogens is 869 g/mol. The Bertz CT molecular complexity index is 2260. The Morgan fingerprint density at radius 3 is 1.82 bits per heavy atom. The van der Waals surface area contributed by atoms with Gasteiger partial charge in [-0.15, -0.1) is 10.2 Å². The van der Waals surface area contributed by atoms with Crippen LogP contribution in [0.2, 0.25) is 0 Å². The molecule has 1 heterocycles. The number of nitrogens with one attached hydrogen (secondary N) is 1. The summed E-state index contributed by atoms with van der Waals surface area (Å²) < 4.78 is 83.2. The summed E-state index contributed by atoms with van der Waals surface area (Å²) in [6.07, 6.45) is -1.20. The highest BCUT2D eigenvalue weighted by Crippen LogP contribution is 2.38. The molecule has 20 heteroatoms. The predicted octanol–water partition coefficient (Wildman–Crippen LogP) is 3.14. The number of primary amides is 1. The fourth-order valence-corrected chi connectivity index (χ4v) is 9.83. The number of nitrogens with two attached hydrogens (primary N) is 1. The monoisotopic (exact) mass is 907 g/mol. The van der Waals surface area contributed by atoms with Crippen LogP contribution < -0.4 is 24.7 Å². The van der Waals surface area contributed by atoms with Crippen molar-refractivity contribution >= 4 is 48.7 Å². The summed E-state index contributed by atoms with van der Waals surface area (Å²) in [6, 6.07) is 21.8. The van der Waals surface area contributed by atoms with E-state index in [1.807, 2.05) is 22.6 Å². The minimum Gasteiger partial charge on any atom is -0.497 e. The zero-order chi connectivity index (χ0) is 39.8. The molecule has 0 fully saturated rings. The quantitative estimate of drug-likeness (QED) is 0.108. The van der Waals surface area contributed by atoms with Gasteiger partial charge in [-0.3, -0.25) is 0 Å². The Balaban J connectivity index is 1.69. The van der Waals surface area contributed by atoms with Crippen molar-refractivity contribution in [3.8, 4) is 28.6 Å². The van der Waals surface area contributed by atoms with Gasteiger partial charge in [-0.05, 0) is 93.0 Å². The topological polar surface area (TPSA) is 227 Å². The van der Waals surface area contributed by atoms with Crippen molar-refractivity contribution in [2.45, 2.75) is 35.5 Å². The van der Waals surface area contributed by atoms with Gasteiger partial charge >= 0.3 is 6.09 Å². The normalized spacial score (nSPS) is 12.3.